The van der Waals surface area contributed by atoms with E-state index in [1.165, 1.54) is 6.66 Å². The number of amides is 1. The zero-order valence-corrected chi connectivity index (χ0v) is 16.3. The first-order valence-corrected chi connectivity index (χ1v) is 11.6. The third-order valence-electron chi connectivity index (χ3n) is 3.08. The van der Waals surface area contributed by atoms with Crippen molar-refractivity contribution >= 4 is 31.2 Å². The van der Waals surface area contributed by atoms with Gasteiger partial charge >= 0.3 is 13.6 Å². The molecule has 0 radical (unpaired) electrons. The second-order valence-corrected chi connectivity index (χ2v) is 8.32. The van der Waals surface area contributed by atoms with Crippen molar-refractivity contribution in [3.63, 3.8) is 0 Å². The minimum absolute atomic E-state index is 0.0231. The van der Waals surface area contributed by atoms with Crippen LogP contribution in [-0.4, -0.2) is 55.2 Å². The van der Waals surface area contributed by atoms with E-state index in [4.69, 9.17) is 14.2 Å². The molecule has 0 aromatic rings. The van der Waals surface area contributed by atoms with Crippen LogP contribution in [0, 0.1) is 0 Å². The molecule has 1 unspecified atom stereocenters. The lowest BCUT2D eigenvalue weighted by molar-refractivity contribution is -0.144. The van der Waals surface area contributed by atoms with Crippen molar-refractivity contribution < 1.29 is 28.3 Å². The average Bonchev–Trinajstić information content (AvgIpc) is 2.51. The van der Waals surface area contributed by atoms with Crippen LogP contribution in [0.5, 0.6) is 0 Å². The largest absolute Gasteiger partial charge is 0.464 e. The zero-order chi connectivity index (χ0) is 18.3. The van der Waals surface area contributed by atoms with Gasteiger partial charge in [-0.1, -0.05) is 19.3 Å². The first-order chi connectivity index (χ1) is 11.3. The van der Waals surface area contributed by atoms with E-state index in [0.717, 1.165) is 37.9 Å². The van der Waals surface area contributed by atoms with Crippen LogP contribution in [0.4, 0.5) is 0 Å². The van der Waals surface area contributed by atoms with E-state index >= 15 is 0 Å². The molecule has 0 saturated carbocycles. The standard InChI is InChI=1S/C15H30NO6PS/c1-23(19,20)22-11-7-5-3-4-6-8-15(18)21-12-10-16-14(17)9-13-24-2/h3-13H2,1-2H3,(H,16,17)(H,19,20). The first kappa shape index (κ1) is 23.4. The Labute approximate surface area is 148 Å². The van der Waals surface area contributed by atoms with Gasteiger partial charge in [0.15, 0.2) is 0 Å². The number of unbranched alkanes of at least 4 members (excludes halogenated alkanes) is 4. The van der Waals surface area contributed by atoms with Crippen LogP contribution < -0.4 is 5.32 Å². The summed E-state index contributed by atoms with van der Waals surface area (Å²) in [5.41, 5.74) is 0. The lowest BCUT2D eigenvalue weighted by Crippen LogP contribution is -2.28. The second-order valence-electron chi connectivity index (χ2n) is 5.47. The summed E-state index contributed by atoms with van der Waals surface area (Å²) in [5.74, 6) is 0.518. The fraction of sp³-hybridized carbons (Fsp3) is 0.867. The lowest BCUT2D eigenvalue weighted by Gasteiger charge is -2.07. The van der Waals surface area contributed by atoms with Gasteiger partial charge in [-0.3, -0.25) is 14.2 Å². The van der Waals surface area contributed by atoms with Crippen LogP contribution in [-0.2, 0) is 23.4 Å². The number of ether oxygens (including phenoxy) is 1. The Morgan fingerprint density at radius 1 is 1.08 bits per heavy atom. The van der Waals surface area contributed by atoms with Gasteiger partial charge in [0.1, 0.15) is 6.61 Å². The van der Waals surface area contributed by atoms with E-state index in [1.54, 1.807) is 11.8 Å². The van der Waals surface area contributed by atoms with Crippen LogP contribution in [0.15, 0.2) is 0 Å². The molecule has 0 aliphatic heterocycles. The van der Waals surface area contributed by atoms with Crippen molar-refractivity contribution in [2.45, 2.75) is 44.9 Å². The molecule has 142 valence electrons. The Morgan fingerprint density at radius 2 is 1.75 bits per heavy atom. The van der Waals surface area contributed by atoms with Gasteiger partial charge in [-0.2, -0.15) is 11.8 Å². The van der Waals surface area contributed by atoms with Gasteiger partial charge in [0, 0.05) is 25.3 Å². The number of carbonyl (C=O) groups excluding carboxylic acids is 2. The smallest absolute Gasteiger partial charge is 0.325 e. The summed E-state index contributed by atoms with van der Waals surface area (Å²) in [5, 5.41) is 2.70. The molecule has 0 aliphatic carbocycles. The summed E-state index contributed by atoms with van der Waals surface area (Å²) in [7, 11) is -3.35. The van der Waals surface area contributed by atoms with Crippen molar-refractivity contribution in [3.05, 3.63) is 0 Å². The van der Waals surface area contributed by atoms with Crippen molar-refractivity contribution in [1.82, 2.24) is 5.32 Å². The molecule has 0 bridgehead atoms. The van der Waals surface area contributed by atoms with Crippen molar-refractivity contribution in [2.24, 2.45) is 0 Å². The Hall–Kier alpha value is -0.560. The molecular formula is C15H30NO6PS. The van der Waals surface area contributed by atoms with Gasteiger partial charge in [-0.05, 0) is 19.1 Å². The Balaban J connectivity index is 3.35. The predicted molar refractivity (Wildman–Crippen MR) is 96.4 cm³/mol. The van der Waals surface area contributed by atoms with E-state index in [0.29, 0.717) is 19.4 Å². The summed E-state index contributed by atoms with van der Waals surface area (Å²) in [4.78, 5) is 31.7. The fourth-order valence-electron chi connectivity index (χ4n) is 1.85. The van der Waals surface area contributed by atoms with E-state index in [1.807, 2.05) is 6.26 Å². The monoisotopic (exact) mass is 383 g/mol. The predicted octanol–water partition coefficient (Wildman–Crippen LogP) is 2.57. The molecule has 7 nitrogen and oxygen atoms in total. The molecule has 0 aromatic heterocycles. The summed E-state index contributed by atoms with van der Waals surface area (Å²) in [6.07, 6.45) is 7.04. The highest BCUT2D eigenvalue weighted by Crippen LogP contribution is 2.36. The number of rotatable bonds is 15. The summed E-state index contributed by atoms with van der Waals surface area (Å²) < 4.78 is 20.7. The molecule has 2 N–H and O–H groups in total. The second kappa shape index (κ2) is 14.8. The minimum atomic E-state index is -3.35. The summed E-state index contributed by atoms with van der Waals surface area (Å²) in [6, 6.07) is 0. The number of carbonyl (C=O) groups is 2. The SMILES string of the molecule is CSCCC(=O)NCCOC(=O)CCCCCCCOP(C)(=O)O. The quantitative estimate of drug-likeness (QED) is 0.254. The highest BCUT2D eigenvalue weighted by Gasteiger charge is 2.08. The van der Waals surface area contributed by atoms with Crippen LogP contribution in [0.3, 0.4) is 0 Å². The molecule has 0 heterocycles. The maximum absolute atomic E-state index is 11.5. The Bertz CT molecular complexity index is 401. The number of esters is 1. The van der Waals surface area contributed by atoms with Gasteiger partial charge in [-0.15, -0.1) is 0 Å². The van der Waals surface area contributed by atoms with Gasteiger partial charge in [0.2, 0.25) is 5.91 Å². The molecule has 1 atom stereocenters. The van der Waals surface area contributed by atoms with Crippen LogP contribution in [0.25, 0.3) is 0 Å². The molecule has 0 fully saturated rings. The van der Waals surface area contributed by atoms with Crippen LogP contribution in [0.1, 0.15) is 44.9 Å². The minimum Gasteiger partial charge on any atom is -0.464 e. The summed E-state index contributed by atoms with van der Waals surface area (Å²) in [6.45, 7) is 2.02. The fourth-order valence-corrected chi connectivity index (χ4v) is 2.70. The number of hydrogen-bond donors (Lipinski definition) is 2. The topological polar surface area (TPSA) is 102 Å². The summed E-state index contributed by atoms with van der Waals surface area (Å²) >= 11 is 1.62. The zero-order valence-electron chi connectivity index (χ0n) is 14.6. The highest BCUT2D eigenvalue weighted by molar-refractivity contribution is 7.98. The lowest BCUT2D eigenvalue weighted by atomic mass is 10.1. The van der Waals surface area contributed by atoms with Crippen LogP contribution >= 0.6 is 19.4 Å². The van der Waals surface area contributed by atoms with E-state index in [2.05, 4.69) is 5.32 Å². The molecule has 0 aliphatic rings. The number of hydrogen-bond acceptors (Lipinski definition) is 6. The molecule has 1 amide bonds. The van der Waals surface area contributed by atoms with E-state index in [-0.39, 0.29) is 25.1 Å². The highest BCUT2D eigenvalue weighted by atomic mass is 32.2. The molecular weight excluding hydrogens is 353 g/mol. The maximum Gasteiger partial charge on any atom is 0.325 e. The first-order valence-electron chi connectivity index (χ1n) is 8.21. The molecule has 0 saturated heterocycles. The van der Waals surface area contributed by atoms with Crippen molar-refractivity contribution in [1.29, 1.82) is 0 Å². The van der Waals surface area contributed by atoms with Gasteiger partial charge < -0.3 is 19.5 Å². The molecule has 9 heteroatoms. The third kappa shape index (κ3) is 17.8. The van der Waals surface area contributed by atoms with Crippen molar-refractivity contribution in [2.75, 3.05) is 38.4 Å². The van der Waals surface area contributed by atoms with E-state index in [9.17, 15) is 14.2 Å². The normalized spacial score (nSPS) is 13.3. The maximum atomic E-state index is 11.5. The molecule has 0 aromatic carbocycles. The third-order valence-corrected chi connectivity index (χ3v) is 4.35. The van der Waals surface area contributed by atoms with Crippen LogP contribution in [0.2, 0.25) is 0 Å². The Kier molecular flexibility index (Phi) is 14.4. The number of nitrogens with one attached hydrogen (secondary N) is 1. The Morgan fingerprint density at radius 3 is 2.42 bits per heavy atom. The average molecular weight is 383 g/mol. The molecule has 24 heavy (non-hydrogen) atoms. The van der Waals surface area contributed by atoms with Crippen molar-refractivity contribution in [3.8, 4) is 0 Å². The van der Waals surface area contributed by atoms with Gasteiger partial charge in [0.25, 0.3) is 0 Å². The molecule has 0 spiro atoms. The van der Waals surface area contributed by atoms with Gasteiger partial charge in [-0.25, -0.2) is 0 Å². The van der Waals surface area contributed by atoms with Gasteiger partial charge in [0.05, 0.1) is 13.2 Å². The van der Waals surface area contributed by atoms with E-state index < -0.39 is 7.60 Å². The number of thioether (sulfide) groups is 1. The molecule has 0 rings (SSSR count).